The first-order chi connectivity index (χ1) is 13.9. The van der Waals surface area contributed by atoms with E-state index in [1.54, 1.807) is 0 Å². The molecule has 1 unspecified atom stereocenters. The van der Waals surface area contributed by atoms with Gasteiger partial charge in [-0.15, -0.1) is 0 Å². The number of aliphatic hydroxyl groups is 1. The van der Waals surface area contributed by atoms with Crippen LogP contribution in [0.5, 0.6) is 0 Å². The zero-order chi connectivity index (χ0) is 20.5. The van der Waals surface area contributed by atoms with E-state index in [1.165, 1.54) is 5.56 Å². The summed E-state index contributed by atoms with van der Waals surface area (Å²) in [5, 5.41) is 11.7. The summed E-state index contributed by atoms with van der Waals surface area (Å²) in [5.74, 6) is -0.0881. The van der Waals surface area contributed by atoms with Crippen LogP contribution in [0.15, 0.2) is 60.7 Å². The van der Waals surface area contributed by atoms with E-state index in [1.807, 2.05) is 41.3 Å². The molecule has 1 saturated carbocycles. The van der Waals surface area contributed by atoms with Gasteiger partial charge < -0.3 is 14.5 Å². The van der Waals surface area contributed by atoms with Gasteiger partial charge >= 0.3 is 0 Å². The van der Waals surface area contributed by atoms with Gasteiger partial charge in [0.1, 0.15) is 12.6 Å². The summed E-state index contributed by atoms with van der Waals surface area (Å²) in [5.41, 5.74) is 0.673. The molecule has 1 N–H and O–H groups in total. The molecule has 4 rings (SSSR count). The minimum Gasteiger partial charge on any atom is -0.375 e. The van der Waals surface area contributed by atoms with Crippen LogP contribution in [0.4, 0.5) is 0 Å². The third-order valence-corrected chi connectivity index (χ3v) is 7.06. The fourth-order valence-electron chi connectivity index (χ4n) is 5.06. The molecule has 4 nitrogen and oxygen atoms in total. The van der Waals surface area contributed by atoms with E-state index in [0.717, 1.165) is 42.3 Å². The Hall–Kier alpha value is -2.17. The number of nitrogens with zero attached hydrogens (tertiary/aromatic N) is 2. The van der Waals surface area contributed by atoms with Gasteiger partial charge in [0, 0.05) is 11.5 Å². The smallest absolute Gasteiger partial charge is 0.259 e. The Labute approximate surface area is 174 Å². The maximum absolute atomic E-state index is 13.5. The van der Waals surface area contributed by atoms with E-state index in [4.69, 9.17) is 0 Å². The summed E-state index contributed by atoms with van der Waals surface area (Å²) in [4.78, 5) is 15.4. The number of hydrogen-bond acceptors (Lipinski definition) is 2. The van der Waals surface area contributed by atoms with Crippen molar-refractivity contribution in [3.05, 3.63) is 71.8 Å². The minimum atomic E-state index is -1.39. The monoisotopic (exact) mass is 393 g/mol. The third-order valence-electron chi connectivity index (χ3n) is 7.06. The molecule has 154 valence electrons. The molecule has 1 heterocycles. The van der Waals surface area contributed by atoms with Crippen LogP contribution in [-0.2, 0) is 16.9 Å². The van der Waals surface area contributed by atoms with Gasteiger partial charge in [-0.2, -0.15) is 0 Å². The highest BCUT2D eigenvalue weighted by Crippen LogP contribution is 2.42. The molecule has 2 aromatic rings. The predicted molar refractivity (Wildman–Crippen MR) is 115 cm³/mol. The number of hydrogen-bond donors (Lipinski definition) is 1. The maximum atomic E-state index is 13.5. The Bertz CT molecular complexity index is 824. The number of benzene rings is 2. The lowest BCUT2D eigenvalue weighted by atomic mass is 9.78. The van der Waals surface area contributed by atoms with Gasteiger partial charge in [0.05, 0.1) is 27.2 Å². The number of carbonyl (C=O) groups is 1. The normalized spacial score (nSPS) is 20.3. The molecule has 0 radical (unpaired) electrons. The number of likely N-dealkylation sites (N-methyl/N-ethyl adjacent to an activating group) is 1. The Morgan fingerprint density at radius 2 is 1.55 bits per heavy atom. The van der Waals surface area contributed by atoms with Crippen LogP contribution in [0.2, 0.25) is 0 Å². The summed E-state index contributed by atoms with van der Waals surface area (Å²) in [6.45, 7) is 2.36. The molecule has 1 saturated heterocycles. The third kappa shape index (κ3) is 3.84. The molecule has 1 amide bonds. The minimum absolute atomic E-state index is 0.0169. The van der Waals surface area contributed by atoms with Gasteiger partial charge in [-0.25, -0.2) is 0 Å². The molecular formula is C25H33N2O2+. The average Bonchev–Trinajstić information content (AvgIpc) is 3.22. The van der Waals surface area contributed by atoms with Crippen LogP contribution in [0.3, 0.4) is 0 Å². The fraction of sp³-hybridized carbons (Fsp3) is 0.480. The van der Waals surface area contributed by atoms with E-state index in [-0.39, 0.29) is 11.8 Å². The molecule has 0 spiro atoms. The van der Waals surface area contributed by atoms with Crippen molar-refractivity contribution in [3.8, 4) is 0 Å². The Kier molecular flexibility index (Phi) is 5.50. The first-order valence-corrected chi connectivity index (χ1v) is 10.8. The van der Waals surface area contributed by atoms with E-state index >= 15 is 0 Å². The number of rotatable bonds is 6. The maximum Gasteiger partial charge on any atom is 0.259 e. The standard InChI is InChI=1S/C25H33N2O2/c1-27(2,19-20-11-5-3-6-12-20)23-17-26(18-23)24(28)25(29,22-15-9-10-16-22)21-13-7-4-8-14-21/h3-8,11-14,22-23,29H,9-10,15-19H2,1-2H3/q+1. The molecule has 1 atom stereocenters. The van der Waals surface area contributed by atoms with Crippen molar-refractivity contribution < 1.29 is 14.4 Å². The first kappa shape index (κ1) is 20.1. The van der Waals surface area contributed by atoms with Gasteiger partial charge in [-0.05, 0) is 18.4 Å². The molecule has 2 aliphatic rings. The molecule has 2 fully saturated rings. The summed E-state index contributed by atoms with van der Waals surface area (Å²) >= 11 is 0. The van der Waals surface area contributed by atoms with Gasteiger partial charge in [0.25, 0.3) is 5.91 Å². The predicted octanol–water partition coefficient (Wildman–Crippen LogP) is 3.55. The molecule has 0 aromatic heterocycles. The highest BCUT2D eigenvalue weighted by molar-refractivity contribution is 5.87. The molecule has 29 heavy (non-hydrogen) atoms. The van der Waals surface area contributed by atoms with Crippen molar-refractivity contribution in [3.63, 3.8) is 0 Å². The first-order valence-electron chi connectivity index (χ1n) is 10.8. The lowest BCUT2D eigenvalue weighted by molar-refractivity contribution is -0.932. The van der Waals surface area contributed by atoms with Crippen molar-refractivity contribution in [1.82, 2.24) is 4.90 Å². The lowest BCUT2D eigenvalue weighted by Gasteiger charge is -2.50. The second kappa shape index (κ2) is 7.92. The number of quaternary nitrogens is 1. The second-order valence-corrected chi connectivity index (χ2v) is 9.40. The topological polar surface area (TPSA) is 40.5 Å². The molecule has 1 aliphatic carbocycles. The number of carbonyl (C=O) groups excluding carboxylic acids is 1. The van der Waals surface area contributed by atoms with Gasteiger partial charge in [0.2, 0.25) is 0 Å². The van der Waals surface area contributed by atoms with Gasteiger partial charge in [-0.3, -0.25) is 4.79 Å². The van der Waals surface area contributed by atoms with Crippen LogP contribution in [0.25, 0.3) is 0 Å². The van der Waals surface area contributed by atoms with Crippen LogP contribution in [0, 0.1) is 5.92 Å². The van der Waals surface area contributed by atoms with Crippen LogP contribution in [-0.4, -0.2) is 53.6 Å². The van der Waals surface area contributed by atoms with Gasteiger partial charge in [-0.1, -0.05) is 73.5 Å². The Balaban J connectivity index is 1.48. The lowest BCUT2D eigenvalue weighted by Crippen LogP contribution is -2.69. The largest absolute Gasteiger partial charge is 0.375 e. The van der Waals surface area contributed by atoms with Crippen LogP contribution in [0.1, 0.15) is 36.8 Å². The molecule has 0 bridgehead atoms. The van der Waals surface area contributed by atoms with Crippen molar-refractivity contribution in [2.75, 3.05) is 27.2 Å². The molecular weight excluding hydrogens is 360 g/mol. The van der Waals surface area contributed by atoms with E-state index < -0.39 is 5.60 Å². The highest BCUT2D eigenvalue weighted by Gasteiger charge is 2.52. The Morgan fingerprint density at radius 1 is 1.00 bits per heavy atom. The zero-order valence-electron chi connectivity index (χ0n) is 17.6. The van der Waals surface area contributed by atoms with E-state index in [0.29, 0.717) is 19.1 Å². The quantitative estimate of drug-likeness (QED) is 0.763. The van der Waals surface area contributed by atoms with Crippen LogP contribution >= 0.6 is 0 Å². The fourth-order valence-corrected chi connectivity index (χ4v) is 5.06. The van der Waals surface area contributed by atoms with Crippen molar-refractivity contribution in [2.24, 2.45) is 5.92 Å². The molecule has 4 heteroatoms. The summed E-state index contributed by atoms with van der Waals surface area (Å²) < 4.78 is 0.848. The van der Waals surface area contributed by atoms with Crippen LogP contribution < -0.4 is 0 Å². The van der Waals surface area contributed by atoms with Crippen molar-refractivity contribution >= 4 is 5.91 Å². The summed E-state index contributed by atoms with van der Waals surface area (Å²) in [7, 11) is 4.47. The Morgan fingerprint density at radius 3 is 2.14 bits per heavy atom. The van der Waals surface area contributed by atoms with E-state index in [9.17, 15) is 9.90 Å². The van der Waals surface area contributed by atoms with Gasteiger partial charge in [0.15, 0.2) is 5.60 Å². The second-order valence-electron chi connectivity index (χ2n) is 9.40. The van der Waals surface area contributed by atoms with E-state index in [2.05, 4.69) is 38.4 Å². The average molecular weight is 394 g/mol. The van der Waals surface area contributed by atoms with Crippen molar-refractivity contribution in [2.45, 2.75) is 43.9 Å². The number of amides is 1. The highest BCUT2D eigenvalue weighted by atomic mass is 16.3. The molecule has 1 aliphatic heterocycles. The number of likely N-dealkylation sites (tertiary alicyclic amines) is 1. The summed E-state index contributed by atoms with van der Waals surface area (Å²) in [6.07, 6.45) is 4.03. The summed E-state index contributed by atoms with van der Waals surface area (Å²) in [6, 6.07) is 20.5. The molecule has 2 aromatic carbocycles. The zero-order valence-corrected chi connectivity index (χ0v) is 17.6. The van der Waals surface area contributed by atoms with Crippen molar-refractivity contribution in [1.29, 1.82) is 0 Å². The SMILES string of the molecule is C[N+](C)(Cc1ccccc1)C1CN(C(=O)C(O)(c2ccccc2)C2CCCC2)C1.